The van der Waals surface area contributed by atoms with Gasteiger partial charge in [-0.2, -0.15) is 0 Å². The van der Waals surface area contributed by atoms with Gasteiger partial charge in [0.25, 0.3) is 0 Å². The number of benzene rings is 4. The average Bonchev–Trinajstić information content (AvgIpc) is 3.42. The van der Waals surface area contributed by atoms with Crippen molar-refractivity contribution >= 4 is 63.7 Å². The van der Waals surface area contributed by atoms with Gasteiger partial charge in [-0.3, -0.25) is 33.6 Å². The van der Waals surface area contributed by atoms with E-state index in [0.717, 1.165) is 54.5 Å². The molecule has 0 radical (unpaired) electrons. The molecular weight excluding hydrogens is 744 g/mol. The zero-order valence-electron chi connectivity index (χ0n) is 30.4. The zero-order valence-corrected chi connectivity index (χ0v) is 30.4. The molecule has 0 unspecified atom stereocenters. The number of carbonyl (C=O) groups excluding carboxylic acids is 7. The number of esters is 7. The van der Waals surface area contributed by atoms with Crippen LogP contribution in [0.15, 0.2) is 46.9 Å². The van der Waals surface area contributed by atoms with Crippen molar-refractivity contribution in [3.8, 4) is 74.7 Å². The number of carbonyl (C=O) groups is 7. The normalized spacial score (nSPS) is 11.2. The Morgan fingerprint density at radius 1 is 0.393 bits per heavy atom. The maximum absolute atomic E-state index is 12.7. The molecule has 1 aliphatic rings. The molecule has 0 aliphatic carbocycles. The Bertz CT molecular complexity index is 2510. The van der Waals surface area contributed by atoms with Gasteiger partial charge in [-0.25, -0.2) is 0 Å². The third kappa shape index (κ3) is 8.13. The lowest BCUT2D eigenvalue weighted by Gasteiger charge is -2.26. The fraction of sp³-hybridized carbons (Fsp3) is 0.184. The van der Waals surface area contributed by atoms with E-state index in [1.165, 1.54) is 36.4 Å². The summed E-state index contributed by atoms with van der Waals surface area (Å²) in [5.74, 6) is -8.57. The van der Waals surface area contributed by atoms with Crippen LogP contribution in [0.3, 0.4) is 0 Å². The standard InChI is InChI=1S/C38H28O18/c1-15(39)46-22-8-23(47-16(2)40)10-24(9-22)53-35-29(50-19(5)43)14-30(51-20(6)44)36-38(35)56-34-31(55-36)13-28-33(37(34)52-21(7)45)32-26(49-18(4)42)11-25(48-17(3)41)12-27(32)54-28/h8-14H,1-7H3. The molecule has 1 aliphatic heterocycles. The number of ether oxygens (including phenoxy) is 10. The maximum atomic E-state index is 12.7. The van der Waals surface area contributed by atoms with E-state index >= 15 is 0 Å². The average molecular weight is 773 g/mol. The van der Waals surface area contributed by atoms with Gasteiger partial charge in [0.1, 0.15) is 39.9 Å². The van der Waals surface area contributed by atoms with Crippen LogP contribution in [0.1, 0.15) is 48.5 Å². The summed E-state index contributed by atoms with van der Waals surface area (Å²) in [4.78, 5) is 85.0. The van der Waals surface area contributed by atoms with E-state index < -0.39 is 53.3 Å². The molecule has 5 aromatic rings. The second-order valence-corrected chi connectivity index (χ2v) is 11.8. The Labute approximate surface area is 314 Å². The fourth-order valence-corrected chi connectivity index (χ4v) is 5.50. The van der Waals surface area contributed by atoms with Gasteiger partial charge >= 0.3 is 41.8 Å². The summed E-state index contributed by atoms with van der Waals surface area (Å²) in [5, 5.41) is 0.121. The molecular formula is C38H28O18. The highest BCUT2D eigenvalue weighted by molar-refractivity contribution is 6.14. The molecule has 18 nitrogen and oxygen atoms in total. The topological polar surface area (TPSA) is 225 Å². The van der Waals surface area contributed by atoms with E-state index in [1.807, 2.05) is 0 Å². The van der Waals surface area contributed by atoms with Crippen LogP contribution in [-0.2, 0) is 33.6 Å². The molecule has 0 fully saturated rings. The van der Waals surface area contributed by atoms with Gasteiger partial charge < -0.3 is 51.8 Å². The Balaban J connectivity index is 1.63. The zero-order chi connectivity index (χ0) is 40.6. The number of fused-ring (bicyclic) bond motifs is 5. The van der Waals surface area contributed by atoms with Gasteiger partial charge in [0.05, 0.1) is 10.8 Å². The first-order valence-electron chi connectivity index (χ1n) is 16.2. The molecule has 0 bridgehead atoms. The van der Waals surface area contributed by atoms with E-state index in [-0.39, 0.29) is 85.2 Å². The minimum atomic E-state index is -0.853. The molecule has 288 valence electrons. The summed E-state index contributed by atoms with van der Waals surface area (Å²) in [6.07, 6.45) is 0. The van der Waals surface area contributed by atoms with Gasteiger partial charge in [0.15, 0.2) is 23.0 Å². The van der Waals surface area contributed by atoms with Crippen molar-refractivity contribution in [2.24, 2.45) is 0 Å². The Hall–Kier alpha value is -7.63. The van der Waals surface area contributed by atoms with E-state index in [1.54, 1.807) is 0 Å². The predicted octanol–water partition coefficient (Wildman–Crippen LogP) is 6.75. The second kappa shape index (κ2) is 15.0. The Morgan fingerprint density at radius 2 is 0.875 bits per heavy atom. The summed E-state index contributed by atoms with van der Waals surface area (Å²) in [5.41, 5.74) is 0.0130. The highest BCUT2D eigenvalue weighted by Gasteiger charge is 2.37. The molecule has 56 heavy (non-hydrogen) atoms. The summed E-state index contributed by atoms with van der Waals surface area (Å²) in [6, 6.07) is 8.73. The van der Waals surface area contributed by atoms with Gasteiger partial charge in [0.2, 0.25) is 23.0 Å². The molecule has 0 saturated heterocycles. The third-order valence-electron chi connectivity index (χ3n) is 7.08. The quantitative estimate of drug-likeness (QED) is 0.109. The summed E-state index contributed by atoms with van der Waals surface area (Å²) in [7, 11) is 0. The van der Waals surface area contributed by atoms with Crippen molar-refractivity contribution in [2.75, 3.05) is 0 Å². The van der Waals surface area contributed by atoms with Crippen molar-refractivity contribution in [3.05, 3.63) is 42.5 Å². The van der Waals surface area contributed by atoms with Crippen LogP contribution < -0.4 is 47.4 Å². The molecule has 4 aromatic carbocycles. The van der Waals surface area contributed by atoms with Crippen molar-refractivity contribution in [1.82, 2.24) is 0 Å². The maximum Gasteiger partial charge on any atom is 0.308 e. The van der Waals surface area contributed by atoms with E-state index in [2.05, 4.69) is 0 Å². The van der Waals surface area contributed by atoms with E-state index in [4.69, 9.17) is 51.8 Å². The smallest absolute Gasteiger partial charge is 0.308 e. The highest BCUT2D eigenvalue weighted by Crippen LogP contribution is 2.62. The van der Waals surface area contributed by atoms with Crippen LogP contribution in [0.2, 0.25) is 0 Å². The summed E-state index contributed by atoms with van der Waals surface area (Å²) in [6.45, 7) is 7.85. The lowest BCUT2D eigenvalue weighted by molar-refractivity contribution is -0.133. The minimum absolute atomic E-state index is 0.00208. The molecule has 2 heterocycles. The highest BCUT2D eigenvalue weighted by atomic mass is 16.6. The van der Waals surface area contributed by atoms with Crippen LogP contribution >= 0.6 is 0 Å². The molecule has 0 amide bonds. The van der Waals surface area contributed by atoms with Crippen LogP contribution in [0, 0.1) is 0 Å². The van der Waals surface area contributed by atoms with Crippen molar-refractivity contribution < 1.29 is 85.3 Å². The predicted molar refractivity (Wildman–Crippen MR) is 186 cm³/mol. The molecule has 0 saturated carbocycles. The van der Waals surface area contributed by atoms with Crippen molar-refractivity contribution in [1.29, 1.82) is 0 Å². The number of rotatable bonds is 9. The van der Waals surface area contributed by atoms with E-state index in [9.17, 15) is 33.6 Å². The fourth-order valence-electron chi connectivity index (χ4n) is 5.50. The Kier molecular flexibility index (Phi) is 10.2. The van der Waals surface area contributed by atoms with Gasteiger partial charge in [0, 0.05) is 90.9 Å². The second-order valence-electron chi connectivity index (χ2n) is 11.8. The van der Waals surface area contributed by atoms with Crippen LogP contribution in [-0.4, -0.2) is 41.8 Å². The minimum Gasteiger partial charge on any atom is -0.455 e. The van der Waals surface area contributed by atoms with Crippen molar-refractivity contribution in [2.45, 2.75) is 48.5 Å². The lowest BCUT2D eigenvalue weighted by Crippen LogP contribution is -2.11. The van der Waals surface area contributed by atoms with E-state index in [0.29, 0.717) is 0 Å². The molecule has 6 rings (SSSR count). The van der Waals surface area contributed by atoms with Crippen LogP contribution in [0.5, 0.6) is 74.7 Å². The molecule has 0 spiro atoms. The first kappa shape index (κ1) is 38.1. The SMILES string of the molecule is CC(=O)Oc1cc(OC(C)=O)cc(Oc2c(OC(C)=O)cc(OC(C)=O)c3c2Oc2c(cc4oc5cc(OC(C)=O)cc(OC(C)=O)c5c4c2OC(C)=O)O3)c1. The third-order valence-corrected chi connectivity index (χ3v) is 7.08. The van der Waals surface area contributed by atoms with Gasteiger partial charge in [-0.1, -0.05) is 0 Å². The lowest BCUT2D eigenvalue weighted by atomic mass is 10.1. The van der Waals surface area contributed by atoms with Crippen LogP contribution in [0.25, 0.3) is 21.9 Å². The van der Waals surface area contributed by atoms with Crippen LogP contribution in [0.4, 0.5) is 0 Å². The van der Waals surface area contributed by atoms with Gasteiger partial charge in [-0.05, 0) is 0 Å². The number of furan rings is 1. The van der Waals surface area contributed by atoms with Crippen molar-refractivity contribution in [3.63, 3.8) is 0 Å². The monoisotopic (exact) mass is 772 g/mol. The molecule has 18 heteroatoms. The first-order chi connectivity index (χ1) is 26.4. The number of hydrogen-bond donors (Lipinski definition) is 0. The molecule has 0 N–H and O–H groups in total. The molecule has 1 aromatic heterocycles. The first-order valence-corrected chi connectivity index (χ1v) is 16.2. The van der Waals surface area contributed by atoms with Gasteiger partial charge in [-0.15, -0.1) is 0 Å². The Morgan fingerprint density at radius 3 is 1.43 bits per heavy atom. The summed E-state index contributed by atoms with van der Waals surface area (Å²) < 4.78 is 62.4. The largest absolute Gasteiger partial charge is 0.455 e. The summed E-state index contributed by atoms with van der Waals surface area (Å²) >= 11 is 0. The molecule has 0 atom stereocenters. The number of hydrogen-bond acceptors (Lipinski definition) is 18.